The topological polar surface area (TPSA) is 49.6 Å². The minimum absolute atomic E-state index is 0.0381. The Balaban J connectivity index is 1.69. The molecule has 7 heteroatoms. The highest BCUT2D eigenvalue weighted by atomic mass is 79.9. The van der Waals surface area contributed by atoms with E-state index in [9.17, 15) is 4.79 Å². The van der Waals surface area contributed by atoms with Crippen LogP contribution in [0.4, 0.5) is 5.13 Å². The Morgan fingerprint density at radius 2 is 1.91 bits per heavy atom. The van der Waals surface area contributed by atoms with Gasteiger partial charge in [0, 0.05) is 37.3 Å². The average Bonchev–Trinajstić information content (AvgIpc) is 3.03. The number of carbonyl (C=O) groups excluding carboxylic acids is 1. The predicted octanol–water partition coefficient (Wildman–Crippen LogP) is 3.39. The number of halogens is 1. The second-order valence-electron chi connectivity index (χ2n) is 5.44. The van der Waals surface area contributed by atoms with Gasteiger partial charge >= 0.3 is 0 Å². The quantitative estimate of drug-likeness (QED) is 0.797. The minimum atomic E-state index is 0.0381. The Morgan fingerprint density at radius 3 is 2.41 bits per heavy atom. The first kappa shape index (κ1) is 15.6. The summed E-state index contributed by atoms with van der Waals surface area (Å²) in [5.74, 6) is 1.46. The van der Waals surface area contributed by atoms with Crippen molar-refractivity contribution in [1.82, 2.24) is 9.88 Å². The Morgan fingerprint density at radius 1 is 1.23 bits per heavy atom. The molecule has 1 amide bonds. The summed E-state index contributed by atoms with van der Waals surface area (Å²) in [5.41, 5.74) is 0.649. The van der Waals surface area contributed by atoms with Crippen molar-refractivity contribution in [3.63, 3.8) is 0 Å². The van der Waals surface area contributed by atoms with E-state index in [0.717, 1.165) is 28.5 Å². The third-order valence-corrected chi connectivity index (χ3v) is 5.78. The summed E-state index contributed by atoms with van der Waals surface area (Å²) in [7, 11) is 0. The molecule has 0 atom stereocenters. The van der Waals surface area contributed by atoms with E-state index in [1.54, 1.807) is 11.3 Å². The number of amides is 1. The molecule has 0 radical (unpaired) electrons. The molecule has 3 rings (SSSR count). The van der Waals surface area contributed by atoms with E-state index >= 15 is 0 Å². The molecule has 3 heterocycles. The molecule has 1 aliphatic heterocycles. The van der Waals surface area contributed by atoms with Crippen molar-refractivity contribution < 1.29 is 9.21 Å². The van der Waals surface area contributed by atoms with Crippen LogP contribution in [0.2, 0.25) is 0 Å². The summed E-state index contributed by atoms with van der Waals surface area (Å²) in [6, 6.07) is 0. The van der Waals surface area contributed by atoms with Crippen LogP contribution in [0.25, 0.3) is 0 Å². The maximum Gasteiger partial charge on any atom is 0.258 e. The Kier molecular flexibility index (Phi) is 4.27. The van der Waals surface area contributed by atoms with Crippen LogP contribution in [0.3, 0.4) is 0 Å². The van der Waals surface area contributed by atoms with Crippen molar-refractivity contribution >= 4 is 38.3 Å². The van der Waals surface area contributed by atoms with Gasteiger partial charge in [0.25, 0.3) is 5.91 Å². The van der Waals surface area contributed by atoms with Gasteiger partial charge in [0.2, 0.25) is 0 Å². The maximum atomic E-state index is 12.7. The zero-order valence-electron chi connectivity index (χ0n) is 12.9. The van der Waals surface area contributed by atoms with E-state index in [0.29, 0.717) is 24.4 Å². The molecule has 1 saturated heterocycles. The number of piperazine rings is 1. The number of thiazole rings is 1. The number of hydrogen-bond donors (Lipinski definition) is 0. The molecule has 0 aromatic carbocycles. The molecule has 22 heavy (non-hydrogen) atoms. The molecule has 5 nitrogen and oxygen atoms in total. The van der Waals surface area contributed by atoms with Gasteiger partial charge in [-0.25, -0.2) is 4.98 Å². The highest BCUT2D eigenvalue weighted by Crippen LogP contribution is 2.29. The number of hydrogen-bond acceptors (Lipinski definition) is 5. The van der Waals surface area contributed by atoms with Gasteiger partial charge in [-0.05, 0) is 36.7 Å². The first-order valence-electron chi connectivity index (χ1n) is 7.19. The van der Waals surface area contributed by atoms with Crippen LogP contribution in [0, 0.1) is 20.8 Å². The van der Waals surface area contributed by atoms with Gasteiger partial charge in [0.1, 0.15) is 11.5 Å². The van der Waals surface area contributed by atoms with Gasteiger partial charge in [-0.1, -0.05) is 0 Å². The van der Waals surface area contributed by atoms with Crippen molar-refractivity contribution in [3.8, 4) is 0 Å². The van der Waals surface area contributed by atoms with Crippen LogP contribution in [-0.4, -0.2) is 42.0 Å². The molecular formula is C15H18BrN3O2S. The van der Waals surface area contributed by atoms with Crippen LogP contribution >= 0.6 is 27.3 Å². The summed E-state index contributed by atoms with van der Waals surface area (Å²) in [6.07, 6.45) is 1.90. The molecule has 2 aromatic heterocycles. The highest BCUT2D eigenvalue weighted by Gasteiger charge is 2.28. The third kappa shape index (κ3) is 2.79. The highest BCUT2D eigenvalue weighted by molar-refractivity contribution is 9.10. The van der Waals surface area contributed by atoms with Gasteiger partial charge in [-0.3, -0.25) is 4.79 Å². The van der Waals surface area contributed by atoms with Gasteiger partial charge < -0.3 is 14.2 Å². The van der Waals surface area contributed by atoms with Crippen LogP contribution < -0.4 is 4.90 Å². The molecule has 1 fully saturated rings. The lowest BCUT2D eigenvalue weighted by molar-refractivity contribution is 0.0744. The van der Waals surface area contributed by atoms with Gasteiger partial charge in [-0.2, -0.15) is 0 Å². The maximum absolute atomic E-state index is 12.7. The predicted molar refractivity (Wildman–Crippen MR) is 90.8 cm³/mol. The molecule has 0 spiro atoms. The number of rotatable bonds is 2. The Labute approximate surface area is 142 Å². The van der Waals surface area contributed by atoms with E-state index in [-0.39, 0.29) is 5.91 Å². The number of aryl methyl sites for hydroxylation is 3. The monoisotopic (exact) mass is 383 g/mol. The minimum Gasteiger partial charge on any atom is -0.465 e. The number of nitrogens with zero attached hydrogens (tertiary/aromatic N) is 3. The fourth-order valence-electron chi connectivity index (χ4n) is 2.65. The number of aromatic nitrogens is 1. The van der Waals surface area contributed by atoms with Crippen LogP contribution in [0.5, 0.6) is 0 Å². The third-order valence-electron chi connectivity index (χ3n) is 3.85. The molecule has 0 unspecified atom stereocenters. The van der Waals surface area contributed by atoms with E-state index in [1.807, 2.05) is 24.9 Å². The second-order valence-corrected chi connectivity index (χ2v) is 7.44. The lowest BCUT2D eigenvalue weighted by Crippen LogP contribution is -2.48. The molecule has 0 bridgehead atoms. The molecule has 118 valence electrons. The number of carbonyl (C=O) groups is 1. The normalized spacial score (nSPS) is 15.5. The molecular weight excluding hydrogens is 366 g/mol. The van der Waals surface area contributed by atoms with Gasteiger partial charge in [-0.15, -0.1) is 11.3 Å². The van der Waals surface area contributed by atoms with Gasteiger partial charge in [0.15, 0.2) is 5.13 Å². The molecule has 0 N–H and O–H groups in total. The van der Waals surface area contributed by atoms with Crippen LogP contribution in [-0.2, 0) is 0 Å². The smallest absolute Gasteiger partial charge is 0.258 e. The summed E-state index contributed by atoms with van der Waals surface area (Å²) < 4.78 is 6.31. The lowest BCUT2D eigenvalue weighted by Gasteiger charge is -2.34. The molecule has 1 aliphatic rings. The zero-order chi connectivity index (χ0) is 15.9. The number of furan rings is 1. The van der Waals surface area contributed by atoms with E-state index in [2.05, 4.69) is 32.7 Å². The lowest BCUT2D eigenvalue weighted by atomic mass is 10.2. The van der Waals surface area contributed by atoms with Crippen molar-refractivity contribution in [2.45, 2.75) is 20.8 Å². The summed E-state index contributed by atoms with van der Waals surface area (Å²) in [4.78, 5) is 22.5. The van der Waals surface area contributed by atoms with Crippen molar-refractivity contribution in [1.29, 1.82) is 0 Å². The van der Waals surface area contributed by atoms with E-state index in [4.69, 9.17) is 4.42 Å². The summed E-state index contributed by atoms with van der Waals surface area (Å²) in [5, 5.41) is 1.04. The Hall–Kier alpha value is -1.34. The van der Waals surface area contributed by atoms with E-state index in [1.165, 1.54) is 4.88 Å². The van der Waals surface area contributed by atoms with Crippen molar-refractivity contribution in [3.05, 3.63) is 32.6 Å². The fourth-order valence-corrected chi connectivity index (χ4v) is 3.99. The second kappa shape index (κ2) is 6.04. The molecule has 2 aromatic rings. The molecule has 0 aliphatic carbocycles. The first-order chi connectivity index (χ1) is 10.5. The van der Waals surface area contributed by atoms with Crippen LogP contribution in [0.1, 0.15) is 26.8 Å². The van der Waals surface area contributed by atoms with Crippen LogP contribution in [0.15, 0.2) is 15.1 Å². The summed E-state index contributed by atoms with van der Waals surface area (Å²) >= 11 is 5.16. The fraction of sp³-hybridized carbons (Fsp3) is 0.467. The Bertz CT molecular complexity index is 702. The van der Waals surface area contributed by atoms with Crippen molar-refractivity contribution in [2.75, 3.05) is 31.1 Å². The van der Waals surface area contributed by atoms with E-state index < -0.39 is 0 Å². The summed E-state index contributed by atoms with van der Waals surface area (Å²) in [6.45, 7) is 8.78. The number of anilines is 1. The SMILES string of the molecule is Cc1cnc(N2CCN(C(=O)c3c(C)oc(C)c3Br)CC2)s1. The average molecular weight is 384 g/mol. The first-order valence-corrected chi connectivity index (χ1v) is 8.80. The zero-order valence-corrected chi connectivity index (χ0v) is 15.3. The van der Waals surface area contributed by atoms with Gasteiger partial charge in [0.05, 0.1) is 10.0 Å². The standard InChI is InChI=1S/C15H18BrN3O2S/c1-9-8-17-15(22-9)19-6-4-18(5-7-19)14(20)12-10(2)21-11(3)13(12)16/h8H,4-7H2,1-3H3. The molecule has 0 saturated carbocycles. The van der Waals surface area contributed by atoms with Crippen molar-refractivity contribution in [2.24, 2.45) is 0 Å². The largest absolute Gasteiger partial charge is 0.465 e.